The van der Waals surface area contributed by atoms with Gasteiger partial charge in [0.05, 0.1) is 21.2 Å². The highest BCUT2D eigenvalue weighted by Crippen LogP contribution is 2.31. The molecule has 0 aliphatic carbocycles. The molecule has 0 bridgehead atoms. The van der Waals surface area contributed by atoms with Gasteiger partial charge in [0.15, 0.2) is 0 Å². The van der Waals surface area contributed by atoms with E-state index in [-0.39, 0.29) is 0 Å². The predicted molar refractivity (Wildman–Crippen MR) is 124 cm³/mol. The Morgan fingerprint density at radius 3 is 2.37 bits per heavy atom. The van der Waals surface area contributed by atoms with E-state index in [0.29, 0.717) is 9.79 Å². The number of anilines is 2. The fraction of sp³-hybridized carbons (Fsp3) is 0.217. The quantitative estimate of drug-likeness (QED) is 0.632. The molecule has 4 rings (SSSR count). The first-order chi connectivity index (χ1) is 14.5. The summed E-state index contributed by atoms with van der Waals surface area (Å²) in [5.41, 5.74) is 4.59. The fourth-order valence-corrected chi connectivity index (χ4v) is 5.45. The van der Waals surface area contributed by atoms with Gasteiger partial charge in [-0.2, -0.15) is 0 Å². The van der Waals surface area contributed by atoms with Gasteiger partial charge in [-0.1, -0.05) is 42.5 Å². The van der Waals surface area contributed by atoms with Crippen LogP contribution in [-0.2, 0) is 34.9 Å². The summed E-state index contributed by atoms with van der Waals surface area (Å²) < 4.78 is 30.2. The van der Waals surface area contributed by atoms with E-state index in [1.165, 1.54) is 11.1 Å². The van der Waals surface area contributed by atoms with E-state index in [1.807, 2.05) is 18.2 Å². The van der Waals surface area contributed by atoms with Crippen LogP contribution in [0.5, 0.6) is 0 Å². The number of para-hydroxylation sites is 2. The van der Waals surface area contributed by atoms with Crippen molar-refractivity contribution in [2.75, 3.05) is 30.3 Å². The van der Waals surface area contributed by atoms with Gasteiger partial charge in [0.2, 0.25) is 0 Å². The Morgan fingerprint density at radius 1 is 0.867 bits per heavy atom. The molecule has 0 aromatic heterocycles. The summed E-state index contributed by atoms with van der Waals surface area (Å²) in [6, 6.07) is 23.6. The van der Waals surface area contributed by atoms with Crippen LogP contribution in [0.4, 0.5) is 11.4 Å². The average Bonchev–Trinajstić information content (AvgIpc) is 2.78. The number of fused-ring (bicyclic) bond motifs is 1. The molecule has 156 valence electrons. The van der Waals surface area contributed by atoms with Gasteiger partial charge in [-0.15, -0.1) is 0 Å². The van der Waals surface area contributed by atoms with Crippen LogP contribution in [0, 0.1) is 0 Å². The van der Waals surface area contributed by atoms with Crippen molar-refractivity contribution in [3.63, 3.8) is 0 Å². The van der Waals surface area contributed by atoms with Crippen molar-refractivity contribution < 1.29 is 8.42 Å². The lowest BCUT2D eigenvalue weighted by molar-refractivity contribution is 0.602. The van der Waals surface area contributed by atoms with Gasteiger partial charge in [0.1, 0.15) is 22.0 Å². The van der Waals surface area contributed by atoms with Gasteiger partial charge in [0.25, 0.3) is 0 Å². The van der Waals surface area contributed by atoms with Crippen molar-refractivity contribution in [2.45, 2.75) is 22.8 Å². The summed E-state index contributed by atoms with van der Waals surface area (Å²) in [5.74, 6) is 0. The minimum atomic E-state index is -1.46. The smallest absolute Gasteiger partial charge is 0.150 e. The van der Waals surface area contributed by atoms with E-state index in [4.69, 9.17) is 0 Å². The maximum atomic E-state index is 13.1. The largest absolute Gasteiger partial charge is 0.365 e. The molecule has 0 spiro atoms. The molecule has 0 saturated carbocycles. The normalized spacial score (nSPS) is 15.5. The van der Waals surface area contributed by atoms with Crippen LogP contribution in [-0.4, -0.2) is 33.4 Å². The van der Waals surface area contributed by atoms with Crippen molar-refractivity contribution in [2.24, 2.45) is 0 Å². The molecule has 0 radical (unpaired) electrons. The Kier molecular flexibility index (Phi) is 6.32. The third-order valence-electron chi connectivity index (χ3n) is 5.13. The van der Waals surface area contributed by atoms with E-state index in [2.05, 4.69) is 40.0 Å². The van der Waals surface area contributed by atoms with Crippen LogP contribution in [0.15, 0.2) is 82.6 Å². The zero-order chi connectivity index (χ0) is 21.1. The first-order valence-electron chi connectivity index (χ1n) is 9.81. The lowest BCUT2D eigenvalue weighted by atomic mass is 9.99. The minimum Gasteiger partial charge on any atom is -0.365 e. The molecule has 7 heteroatoms. The van der Waals surface area contributed by atoms with E-state index < -0.39 is 22.0 Å². The lowest BCUT2D eigenvalue weighted by Crippen LogP contribution is -2.31. The summed E-state index contributed by atoms with van der Waals surface area (Å²) in [6.07, 6.45) is 0.992. The van der Waals surface area contributed by atoms with Gasteiger partial charge in [-0.3, -0.25) is 4.72 Å². The Morgan fingerprint density at radius 2 is 1.57 bits per heavy atom. The molecule has 2 atom stereocenters. The van der Waals surface area contributed by atoms with Crippen molar-refractivity contribution in [1.29, 1.82) is 0 Å². The van der Waals surface area contributed by atoms with Crippen LogP contribution < -0.4 is 9.62 Å². The number of hydrogen-bond donors (Lipinski definition) is 1. The first-order valence-corrected chi connectivity index (χ1v) is 12.1. The van der Waals surface area contributed by atoms with Gasteiger partial charge in [-0.25, -0.2) is 12.7 Å². The molecule has 0 fully saturated rings. The highest BCUT2D eigenvalue weighted by molar-refractivity contribution is 7.86. The molecule has 30 heavy (non-hydrogen) atoms. The zero-order valence-electron chi connectivity index (χ0n) is 17.1. The molecular formula is C23H25N3O2S2. The van der Waals surface area contributed by atoms with Crippen molar-refractivity contribution in [3.05, 3.63) is 83.9 Å². The number of benzene rings is 3. The molecule has 0 amide bonds. The Labute approximate surface area is 182 Å². The van der Waals surface area contributed by atoms with E-state index >= 15 is 0 Å². The Hall–Kier alpha value is -2.48. The average molecular weight is 440 g/mol. The highest BCUT2D eigenvalue weighted by Gasteiger charge is 2.19. The molecule has 5 nitrogen and oxygen atoms in total. The van der Waals surface area contributed by atoms with Gasteiger partial charge in [0, 0.05) is 13.1 Å². The Bertz CT molecular complexity index is 1100. The predicted octanol–water partition coefficient (Wildman–Crippen LogP) is 3.97. The summed E-state index contributed by atoms with van der Waals surface area (Å²) >= 11 is 0. The second-order valence-corrected chi connectivity index (χ2v) is 10.3. The summed E-state index contributed by atoms with van der Waals surface area (Å²) in [6.45, 7) is 1.75. The van der Waals surface area contributed by atoms with Gasteiger partial charge in [-0.05, 0) is 62.0 Å². The van der Waals surface area contributed by atoms with Crippen molar-refractivity contribution in [1.82, 2.24) is 4.31 Å². The second kappa shape index (κ2) is 9.12. The van der Waals surface area contributed by atoms with Crippen LogP contribution in [0.25, 0.3) is 0 Å². The molecule has 1 N–H and O–H groups in total. The zero-order valence-corrected chi connectivity index (χ0v) is 18.7. The molecule has 1 heterocycles. The van der Waals surface area contributed by atoms with E-state index in [1.54, 1.807) is 42.7 Å². The van der Waals surface area contributed by atoms with E-state index in [9.17, 15) is 8.42 Å². The second-order valence-electron chi connectivity index (χ2n) is 7.36. The molecule has 3 aromatic rings. The fourth-order valence-electron chi connectivity index (χ4n) is 3.60. The number of hydrogen-bond acceptors (Lipinski definition) is 3. The van der Waals surface area contributed by atoms with Crippen LogP contribution in [0.2, 0.25) is 0 Å². The van der Waals surface area contributed by atoms with Crippen molar-refractivity contribution in [3.8, 4) is 0 Å². The summed E-state index contributed by atoms with van der Waals surface area (Å²) in [7, 11) is 0.771. The number of rotatable bonds is 6. The number of nitrogens with one attached hydrogen (secondary N) is 1. The minimum absolute atomic E-state index is 0.599. The van der Waals surface area contributed by atoms with Crippen LogP contribution in [0.3, 0.4) is 0 Å². The third kappa shape index (κ3) is 4.48. The number of nitrogens with zero attached hydrogens (tertiary/aromatic N) is 2. The van der Waals surface area contributed by atoms with Gasteiger partial charge < -0.3 is 4.90 Å². The monoisotopic (exact) mass is 439 g/mol. The Balaban J connectivity index is 1.56. The molecule has 1 aliphatic heterocycles. The van der Waals surface area contributed by atoms with Crippen LogP contribution >= 0.6 is 0 Å². The van der Waals surface area contributed by atoms with Crippen LogP contribution in [0.1, 0.15) is 11.1 Å². The molecular weight excluding hydrogens is 414 g/mol. The van der Waals surface area contributed by atoms with E-state index in [0.717, 1.165) is 30.9 Å². The molecule has 2 unspecified atom stereocenters. The maximum Gasteiger partial charge on any atom is 0.150 e. The third-order valence-corrected chi connectivity index (χ3v) is 7.54. The first kappa shape index (κ1) is 20.8. The maximum absolute atomic E-state index is 13.1. The SMILES string of the molecule is CN(C)S(=O)c1cccc(S(=O)Nc2ccccc2N2CCc3ccccc3C2)c1. The molecule has 0 saturated heterocycles. The standard InChI is InChI=1S/C23H25N3O2S2/c1-25(2)30(28)21-11-7-10-20(16-21)29(27)24-22-12-5-6-13-23(22)26-15-14-18-8-3-4-9-19(18)17-26/h3-13,16,24H,14-15,17H2,1-2H3. The molecule has 3 aromatic carbocycles. The van der Waals surface area contributed by atoms with Gasteiger partial charge >= 0.3 is 0 Å². The van der Waals surface area contributed by atoms with Crippen molar-refractivity contribution >= 4 is 33.3 Å². The lowest BCUT2D eigenvalue weighted by Gasteiger charge is -2.32. The molecule has 1 aliphatic rings. The topological polar surface area (TPSA) is 52.7 Å². The summed E-state index contributed by atoms with van der Waals surface area (Å²) in [4.78, 5) is 3.55. The highest BCUT2D eigenvalue weighted by atomic mass is 32.2. The summed E-state index contributed by atoms with van der Waals surface area (Å²) in [5, 5.41) is 0.